The highest BCUT2D eigenvalue weighted by molar-refractivity contribution is 14.1. The molecule has 0 bridgehead atoms. The minimum Gasteiger partial charge on any atom is -0.506 e. The zero-order chi connectivity index (χ0) is 17.3. The number of benzene rings is 2. The number of aliphatic hydroxyl groups excluding tert-OH is 1. The van der Waals surface area contributed by atoms with Crippen molar-refractivity contribution >= 4 is 89.7 Å². The van der Waals surface area contributed by atoms with Crippen molar-refractivity contribution in [3.05, 3.63) is 45.0 Å². The summed E-state index contributed by atoms with van der Waals surface area (Å²) in [4.78, 5) is 10.9. The van der Waals surface area contributed by atoms with Crippen LogP contribution >= 0.6 is 83.7 Å². The Morgan fingerprint density at radius 2 is 1.65 bits per heavy atom. The number of aromatic hydroxyl groups is 1. The second-order valence-electron chi connectivity index (χ2n) is 4.39. The third-order valence-electron chi connectivity index (χ3n) is 2.78. The first kappa shape index (κ1) is 19.5. The van der Waals surface area contributed by atoms with Gasteiger partial charge in [-0.3, -0.25) is 0 Å². The van der Waals surface area contributed by atoms with Gasteiger partial charge in [0.1, 0.15) is 11.5 Å². The van der Waals surface area contributed by atoms with E-state index in [9.17, 15) is 15.0 Å². The van der Waals surface area contributed by atoms with Crippen LogP contribution in [0.3, 0.4) is 0 Å². The van der Waals surface area contributed by atoms with Crippen LogP contribution in [0.1, 0.15) is 11.7 Å². The van der Waals surface area contributed by atoms with Gasteiger partial charge in [-0.15, -0.1) is 0 Å². The Balaban J connectivity index is 2.40. The van der Waals surface area contributed by atoms with E-state index in [2.05, 4.69) is 15.9 Å². The molecular weight excluding hydrogens is 709 g/mol. The predicted molar refractivity (Wildman–Crippen MR) is 113 cm³/mol. The number of carbonyl (C=O) groups is 1. The molecule has 0 radical (unpaired) electrons. The van der Waals surface area contributed by atoms with E-state index in [1.165, 1.54) is 0 Å². The highest BCUT2D eigenvalue weighted by Crippen LogP contribution is 2.38. The molecule has 2 aromatic carbocycles. The molecule has 0 fully saturated rings. The molecule has 1 unspecified atom stereocenters. The van der Waals surface area contributed by atoms with Gasteiger partial charge < -0.3 is 20.1 Å². The van der Waals surface area contributed by atoms with Gasteiger partial charge in [0.05, 0.1) is 15.2 Å². The van der Waals surface area contributed by atoms with Crippen LogP contribution in [0.5, 0.6) is 17.2 Å². The van der Waals surface area contributed by atoms with Crippen molar-refractivity contribution in [1.29, 1.82) is 0 Å². The normalized spacial score (nSPS) is 12.0. The lowest BCUT2D eigenvalue weighted by atomic mass is 10.1. The van der Waals surface area contributed by atoms with Crippen molar-refractivity contribution < 1.29 is 24.9 Å². The predicted octanol–water partition coefficient (Wildman–Crippen LogP) is 4.88. The first-order valence-corrected chi connectivity index (χ1v) is 9.99. The molecule has 0 aliphatic heterocycles. The molecule has 0 aliphatic rings. The Kier molecular flexibility index (Phi) is 6.78. The molecule has 23 heavy (non-hydrogen) atoms. The number of aliphatic hydroxyl groups is 1. The van der Waals surface area contributed by atoms with Crippen molar-refractivity contribution in [2.45, 2.75) is 6.10 Å². The van der Waals surface area contributed by atoms with E-state index in [4.69, 9.17) is 9.84 Å². The summed E-state index contributed by atoms with van der Waals surface area (Å²) in [5, 5.41) is 28.3. The lowest BCUT2D eigenvalue weighted by Crippen LogP contribution is -2.11. The lowest BCUT2D eigenvalue weighted by Gasteiger charge is -2.14. The molecule has 0 spiro atoms. The second kappa shape index (κ2) is 8.01. The number of phenolic OH excluding ortho intramolecular Hbond substituents is 1. The molecule has 122 valence electrons. The molecule has 2 rings (SSSR count). The van der Waals surface area contributed by atoms with Gasteiger partial charge in [0, 0.05) is 0 Å². The van der Waals surface area contributed by atoms with E-state index in [0.717, 1.165) is 0 Å². The Labute approximate surface area is 181 Å². The second-order valence-corrected chi connectivity index (χ2v) is 8.73. The van der Waals surface area contributed by atoms with E-state index in [1.807, 2.05) is 67.8 Å². The SMILES string of the molecule is O=C(O)C(O)c1cc(I)c(Oc2cc(Br)c(O)c(I)c2)c(I)c1. The maximum atomic E-state index is 10.9. The number of ether oxygens (including phenoxy) is 1. The summed E-state index contributed by atoms with van der Waals surface area (Å²) in [5.74, 6) is -0.0769. The summed E-state index contributed by atoms with van der Waals surface area (Å²) in [6.07, 6.45) is -1.57. The van der Waals surface area contributed by atoms with Crippen LogP contribution in [-0.2, 0) is 4.79 Å². The highest BCUT2D eigenvalue weighted by atomic mass is 127. The molecule has 5 nitrogen and oxygen atoms in total. The van der Waals surface area contributed by atoms with Crippen molar-refractivity contribution in [2.24, 2.45) is 0 Å². The number of carboxylic acids is 1. The van der Waals surface area contributed by atoms with Crippen LogP contribution in [0.25, 0.3) is 0 Å². The summed E-state index contributed by atoms with van der Waals surface area (Å²) >= 11 is 9.30. The van der Waals surface area contributed by atoms with E-state index in [0.29, 0.717) is 32.2 Å². The summed E-state index contributed by atoms with van der Waals surface area (Å²) in [6.45, 7) is 0. The first-order chi connectivity index (χ1) is 10.7. The summed E-state index contributed by atoms with van der Waals surface area (Å²) in [6, 6.07) is 6.46. The number of hydrogen-bond donors (Lipinski definition) is 3. The van der Waals surface area contributed by atoms with Gasteiger partial charge in [0.15, 0.2) is 11.9 Å². The summed E-state index contributed by atoms with van der Waals surface area (Å²) < 4.78 is 8.35. The maximum Gasteiger partial charge on any atom is 0.337 e. The summed E-state index contributed by atoms with van der Waals surface area (Å²) in [5.41, 5.74) is 0.292. The van der Waals surface area contributed by atoms with E-state index >= 15 is 0 Å². The molecule has 3 N–H and O–H groups in total. The van der Waals surface area contributed by atoms with Gasteiger partial charge in [0.25, 0.3) is 0 Å². The van der Waals surface area contributed by atoms with Gasteiger partial charge >= 0.3 is 5.97 Å². The van der Waals surface area contributed by atoms with Crippen LogP contribution in [-0.4, -0.2) is 21.3 Å². The monoisotopic (exact) mass is 716 g/mol. The molecule has 0 saturated carbocycles. The molecule has 0 amide bonds. The zero-order valence-electron chi connectivity index (χ0n) is 11.1. The Hall–Kier alpha value is 0.140. The fraction of sp³-hybridized carbons (Fsp3) is 0.0714. The van der Waals surface area contributed by atoms with Crippen molar-refractivity contribution in [3.63, 3.8) is 0 Å². The van der Waals surface area contributed by atoms with Crippen molar-refractivity contribution in [1.82, 2.24) is 0 Å². The van der Waals surface area contributed by atoms with Crippen LogP contribution in [0.2, 0.25) is 0 Å². The van der Waals surface area contributed by atoms with Crippen LogP contribution < -0.4 is 4.74 Å². The summed E-state index contributed by atoms with van der Waals surface area (Å²) in [7, 11) is 0. The number of carboxylic acid groups (broad SMARTS) is 1. The lowest BCUT2D eigenvalue weighted by molar-refractivity contribution is -0.146. The molecule has 0 aliphatic carbocycles. The van der Waals surface area contributed by atoms with Crippen molar-refractivity contribution in [3.8, 4) is 17.2 Å². The fourth-order valence-electron chi connectivity index (χ4n) is 1.70. The third kappa shape index (κ3) is 4.61. The van der Waals surface area contributed by atoms with Gasteiger partial charge in [-0.05, 0) is 114 Å². The van der Waals surface area contributed by atoms with E-state index in [1.54, 1.807) is 24.3 Å². The number of aliphatic carboxylic acids is 1. The van der Waals surface area contributed by atoms with Crippen LogP contribution in [0.15, 0.2) is 28.7 Å². The Morgan fingerprint density at radius 3 is 2.13 bits per heavy atom. The Morgan fingerprint density at radius 1 is 1.09 bits per heavy atom. The van der Waals surface area contributed by atoms with Crippen LogP contribution in [0.4, 0.5) is 0 Å². The standard InChI is InChI=1S/C14H8BrI3O5/c15-7-3-6(4-8(16)12(7)20)23-13-9(17)1-5(2-10(13)18)11(19)14(21)22/h1-4,11,19-20H,(H,21,22). The number of halogens is 4. The number of hydrogen-bond acceptors (Lipinski definition) is 4. The third-order valence-corrected chi connectivity index (χ3v) is 5.81. The Bertz CT molecular complexity index is 735. The molecule has 2 aromatic rings. The average molecular weight is 717 g/mol. The van der Waals surface area contributed by atoms with Gasteiger partial charge in [-0.25, -0.2) is 4.79 Å². The fourth-order valence-corrected chi connectivity index (χ4v) is 5.14. The molecule has 0 heterocycles. The highest BCUT2D eigenvalue weighted by Gasteiger charge is 2.20. The zero-order valence-corrected chi connectivity index (χ0v) is 19.1. The largest absolute Gasteiger partial charge is 0.506 e. The van der Waals surface area contributed by atoms with Gasteiger partial charge in [0.2, 0.25) is 0 Å². The van der Waals surface area contributed by atoms with Crippen LogP contribution in [0, 0.1) is 10.7 Å². The quantitative estimate of drug-likeness (QED) is 0.393. The van der Waals surface area contributed by atoms with E-state index in [-0.39, 0.29) is 5.75 Å². The molecular formula is C14H8BrI3O5. The number of phenols is 1. The average Bonchev–Trinajstić information content (AvgIpc) is 2.47. The van der Waals surface area contributed by atoms with Gasteiger partial charge in [-0.1, -0.05) is 0 Å². The molecule has 0 aromatic heterocycles. The van der Waals surface area contributed by atoms with Crippen molar-refractivity contribution in [2.75, 3.05) is 0 Å². The molecule has 9 heteroatoms. The minimum absolute atomic E-state index is 0.141. The van der Waals surface area contributed by atoms with E-state index < -0.39 is 12.1 Å². The number of rotatable bonds is 4. The molecule has 0 saturated heterocycles. The molecule has 1 atom stereocenters. The maximum absolute atomic E-state index is 10.9. The topological polar surface area (TPSA) is 87.0 Å². The van der Waals surface area contributed by atoms with Gasteiger partial charge in [-0.2, -0.15) is 0 Å². The first-order valence-electron chi connectivity index (χ1n) is 5.96. The minimum atomic E-state index is -1.57. The smallest absolute Gasteiger partial charge is 0.337 e.